The van der Waals surface area contributed by atoms with E-state index in [2.05, 4.69) is 0 Å². The SMILES string of the molecule is CCCCOC(=O)/C=C/c1cc2cc(Cl)ccc2o1. The lowest BCUT2D eigenvalue weighted by Gasteiger charge is -1.98. The molecule has 0 spiro atoms. The Morgan fingerprint density at radius 2 is 2.26 bits per heavy atom. The summed E-state index contributed by atoms with van der Waals surface area (Å²) in [6, 6.07) is 7.21. The van der Waals surface area contributed by atoms with Gasteiger partial charge in [-0.2, -0.15) is 0 Å². The summed E-state index contributed by atoms with van der Waals surface area (Å²) < 4.78 is 10.6. The van der Waals surface area contributed by atoms with Gasteiger partial charge in [0.05, 0.1) is 6.61 Å². The van der Waals surface area contributed by atoms with E-state index < -0.39 is 0 Å². The van der Waals surface area contributed by atoms with Gasteiger partial charge in [0.25, 0.3) is 0 Å². The van der Waals surface area contributed by atoms with Crippen LogP contribution in [0.5, 0.6) is 0 Å². The molecule has 2 rings (SSSR count). The summed E-state index contributed by atoms with van der Waals surface area (Å²) >= 11 is 5.89. The number of benzene rings is 1. The summed E-state index contributed by atoms with van der Waals surface area (Å²) in [6.45, 7) is 2.50. The van der Waals surface area contributed by atoms with E-state index in [4.69, 9.17) is 20.8 Å². The van der Waals surface area contributed by atoms with Gasteiger partial charge in [-0.15, -0.1) is 0 Å². The van der Waals surface area contributed by atoms with Gasteiger partial charge in [-0.05, 0) is 36.8 Å². The van der Waals surface area contributed by atoms with E-state index in [1.165, 1.54) is 6.08 Å². The maximum absolute atomic E-state index is 11.4. The van der Waals surface area contributed by atoms with E-state index in [-0.39, 0.29) is 5.97 Å². The fourth-order valence-corrected chi connectivity index (χ4v) is 1.81. The summed E-state index contributed by atoms with van der Waals surface area (Å²) in [5.74, 6) is 0.247. The van der Waals surface area contributed by atoms with Gasteiger partial charge in [-0.1, -0.05) is 24.9 Å². The number of carbonyl (C=O) groups is 1. The molecule has 0 N–H and O–H groups in total. The van der Waals surface area contributed by atoms with Crippen molar-refractivity contribution in [3.05, 3.63) is 41.1 Å². The molecule has 0 bridgehead atoms. The maximum Gasteiger partial charge on any atom is 0.330 e. The van der Waals surface area contributed by atoms with Crippen LogP contribution in [0, 0.1) is 0 Å². The molecule has 0 fully saturated rings. The van der Waals surface area contributed by atoms with Gasteiger partial charge in [0.1, 0.15) is 11.3 Å². The molecule has 4 heteroatoms. The lowest BCUT2D eigenvalue weighted by atomic mass is 10.2. The number of fused-ring (bicyclic) bond motifs is 1. The molecule has 19 heavy (non-hydrogen) atoms. The highest BCUT2D eigenvalue weighted by molar-refractivity contribution is 6.31. The normalized spacial score (nSPS) is 11.3. The molecule has 1 heterocycles. The topological polar surface area (TPSA) is 39.4 Å². The fraction of sp³-hybridized carbons (Fsp3) is 0.267. The number of hydrogen-bond acceptors (Lipinski definition) is 3. The summed E-state index contributed by atoms with van der Waals surface area (Å²) in [6.07, 6.45) is 4.85. The van der Waals surface area contributed by atoms with Crippen molar-refractivity contribution in [3.63, 3.8) is 0 Å². The molecule has 2 aromatic rings. The van der Waals surface area contributed by atoms with Crippen LogP contribution < -0.4 is 0 Å². The summed E-state index contributed by atoms with van der Waals surface area (Å²) in [5, 5.41) is 1.56. The molecule has 0 amide bonds. The van der Waals surface area contributed by atoms with Crippen molar-refractivity contribution in [3.8, 4) is 0 Å². The third-order valence-corrected chi connectivity index (χ3v) is 2.86. The molecule has 0 unspecified atom stereocenters. The Morgan fingerprint density at radius 1 is 1.42 bits per heavy atom. The average molecular weight is 279 g/mol. The molecular formula is C15H15ClO3. The van der Waals surface area contributed by atoms with Gasteiger partial charge in [0, 0.05) is 16.5 Å². The van der Waals surface area contributed by atoms with E-state index in [0.717, 1.165) is 23.8 Å². The predicted octanol–water partition coefficient (Wildman–Crippen LogP) is 4.44. The maximum atomic E-state index is 11.4. The first-order valence-corrected chi connectivity index (χ1v) is 6.61. The molecule has 1 aromatic carbocycles. The second-order valence-electron chi connectivity index (χ2n) is 4.19. The smallest absolute Gasteiger partial charge is 0.330 e. The van der Waals surface area contributed by atoms with Crippen LogP contribution in [0.15, 0.2) is 34.8 Å². The van der Waals surface area contributed by atoms with E-state index in [0.29, 0.717) is 17.4 Å². The van der Waals surface area contributed by atoms with Crippen LogP contribution in [0.25, 0.3) is 17.0 Å². The third kappa shape index (κ3) is 3.86. The Hall–Kier alpha value is -1.74. The van der Waals surface area contributed by atoms with Crippen LogP contribution in [-0.2, 0) is 9.53 Å². The van der Waals surface area contributed by atoms with E-state index >= 15 is 0 Å². The minimum absolute atomic E-state index is 0.355. The van der Waals surface area contributed by atoms with Gasteiger partial charge in [-0.25, -0.2) is 4.79 Å². The van der Waals surface area contributed by atoms with E-state index in [9.17, 15) is 4.79 Å². The van der Waals surface area contributed by atoms with Crippen LogP contribution >= 0.6 is 11.6 Å². The third-order valence-electron chi connectivity index (χ3n) is 2.62. The molecule has 0 atom stereocenters. The molecule has 0 radical (unpaired) electrons. The Labute approximate surface area is 116 Å². The number of hydrogen-bond donors (Lipinski definition) is 0. The van der Waals surface area contributed by atoms with Crippen LogP contribution in [0.4, 0.5) is 0 Å². The van der Waals surface area contributed by atoms with Crippen LogP contribution in [-0.4, -0.2) is 12.6 Å². The zero-order valence-corrected chi connectivity index (χ0v) is 11.4. The lowest BCUT2D eigenvalue weighted by Crippen LogP contribution is -2.01. The molecule has 0 saturated carbocycles. The fourth-order valence-electron chi connectivity index (χ4n) is 1.63. The number of carbonyl (C=O) groups excluding carboxylic acids is 1. The van der Waals surface area contributed by atoms with Gasteiger partial charge >= 0.3 is 5.97 Å². The molecular weight excluding hydrogens is 264 g/mol. The first kappa shape index (κ1) is 13.7. The first-order chi connectivity index (χ1) is 9.19. The summed E-state index contributed by atoms with van der Waals surface area (Å²) in [5.41, 5.74) is 0.739. The zero-order valence-electron chi connectivity index (χ0n) is 10.7. The second-order valence-corrected chi connectivity index (χ2v) is 4.62. The lowest BCUT2D eigenvalue weighted by molar-refractivity contribution is -0.137. The van der Waals surface area contributed by atoms with Gasteiger partial charge in [0.15, 0.2) is 0 Å². The highest BCUT2D eigenvalue weighted by atomic mass is 35.5. The summed E-state index contributed by atoms with van der Waals surface area (Å²) in [4.78, 5) is 11.4. The largest absolute Gasteiger partial charge is 0.463 e. The van der Waals surface area contributed by atoms with Crippen LogP contribution in [0.2, 0.25) is 5.02 Å². The van der Waals surface area contributed by atoms with Crippen LogP contribution in [0.1, 0.15) is 25.5 Å². The minimum Gasteiger partial charge on any atom is -0.463 e. The van der Waals surface area contributed by atoms with Crippen molar-refractivity contribution >= 4 is 34.6 Å². The van der Waals surface area contributed by atoms with Crippen molar-refractivity contribution in [2.45, 2.75) is 19.8 Å². The number of ether oxygens (including phenoxy) is 1. The van der Waals surface area contributed by atoms with Gasteiger partial charge < -0.3 is 9.15 Å². The highest BCUT2D eigenvalue weighted by Gasteiger charge is 2.03. The predicted molar refractivity (Wildman–Crippen MR) is 76.1 cm³/mol. The summed E-state index contributed by atoms with van der Waals surface area (Å²) in [7, 11) is 0. The average Bonchev–Trinajstić information content (AvgIpc) is 2.78. The quantitative estimate of drug-likeness (QED) is 0.461. The van der Waals surface area contributed by atoms with E-state index in [1.807, 2.05) is 19.1 Å². The first-order valence-electron chi connectivity index (χ1n) is 6.23. The number of halogens is 1. The Balaban J connectivity index is 2.02. The number of furan rings is 1. The monoisotopic (exact) mass is 278 g/mol. The van der Waals surface area contributed by atoms with Crippen molar-refractivity contribution in [2.75, 3.05) is 6.61 Å². The van der Waals surface area contributed by atoms with Gasteiger partial charge in [-0.3, -0.25) is 0 Å². The molecule has 100 valence electrons. The molecule has 1 aromatic heterocycles. The Bertz CT molecular complexity index is 598. The Kier molecular flexibility index (Phi) is 4.63. The number of rotatable bonds is 5. The van der Waals surface area contributed by atoms with Crippen molar-refractivity contribution in [2.24, 2.45) is 0 Å². The molecule has 3 nitrogen and oxygen atoms in total. The van der Waals surface area contributed by atoms with E-state index in [1.54, 1.807) is 18.2 Å². The second kappa shape index (κ2) is 6.43. The Morgan fingerprint density at radius 3 is 3.05 bits per heavy atom. The van der Waals surface area contributed by atoms with Crippen LogP contribution in [0.3, 0.4) is 0 Å². The van der Waals surface area contributed by atoms with Crippen molar-refractivity contribution in [1.29, 1.82) is 0 Å². The molecule has 0 aliphatic heterocycles. The van der Waals surface area contributed by atoms with Gasteiger partial charge in [0.2, 0.25) is 0 Å². The van der Waals surface area contributed by atoms with Crippen molar-refractivity contribution in [1.82, 2.24) is 0 Å². The number of unbranched alkanes of at least 4 members (excludes halogenated alkanes) is 1. The molecule has 0 saturated heterocycles. The highest BCUT2D eigenvalue weighted by Crippen LogP contribution is 2.23. The number of esters is 1. The standard InChI is InChI=1S/C15H15ClO3/c1-2-3-8-18-15(17)7-5-13-10-11-9-12(16)4-6-14(11)19-13/h4-7,9-10H,2-3,8H2,1H3/b7-5+. The minimum atomic E-state index is -0.355. The molecule has 0 aliphatic rings. The zero-order chi connectivity index (χ0) is 13.7. The molecule has 0 aliphatic carbocycles. The van der Waals surface area contributed by atoms with Crippen molar-refractivity contribution < 1.29 is 13.9 Å².